The van der Waals surface area contributed by atoms with Crippen molar-refractivity contribution in [2.45, 2.75) is 50.3 Å². The smallest absolute Gasteiger partial charge is 0.123 e. The van der Waals surface area contributed by atoms with Crippen LogP contribution in [0.3, 0.4) is 0 Å². The Morgan fingerprint density at radius 3 is 2.24 bits per heavy atom. The molecule has 17 heavy (non-hydrogen) atoms. The van der Waals surface area contributed by atoms with Crippen molar-refractivity contribution in [3.8, 4) is 0 Å². The first kappa shape index (κ1) is 12.9. The minimum Gasteiger partial charge on any atom is -0.207 e. The van der Waals surface area contributed by atoms with Crippen LogP contribution in [0.5, 0.6) is 0 Å². The topological polar surface area (TPSA) is 0 Å². The van der Waals surface area contributed by atoms with Crippen LogP contribution in [-0.4, -0.2) is 0 Å². The van der Waals surface area contributed by atoms with Crippen molar-refractivity contribution < 1.29 is 4.39 Å². The van der Waals surface area contributed by atoms with Gasteiger partial charge < -0.3 is 0 Å². The second-order valence-electron chi connectivity index (χ2n) is 5.11. The molecule has 1 atom stereocenters. The molecule has 0 aromatic heterocycles. The zero-order valence-corrected chi connectivity index (χ0v) is 10.9. The van der Waals surface area contributed by atoms with Crippen molar-refractivity contribution in [2.75, 3.05) is 0 Å². The van der Waals surface area contributed by atoms with Crippen LogP contribution in [0.2, 0.25) is 0 Å². The fraction of sp³-hybridized carbons (Fsp3) is 0.600. The fourth-order valence-corrected chi connectivity index (χ4v) is 3.10. The second kappa shape index (κ2) is 6.39. The Kier molecular flexibility index (Phi) is 4.85. The predicted octanol–water partition coefficient (Wildman–Crippen LogP) is 5.47. The predicted molar refractivity (Wildman–Crippen MR) is 70.8 cm³/mol. The second-order valence-corrected chi connectivity index (χ2v) is 5.64. The van der Waals surface area contributed by atoms with Crippen LogP contribution < -0.4 is 0 Å². The molecule has 0 amide bonds. The number of benzene rings is 1. The summed E-state index contributed by atoms with van der Waals surface area (Å²) in [4.78, 5) is 0. The molecule has 0 N–H and O–H groups in total. The molecule has 0 radical (unpaired) electrons. The van der Waals surface area contributed by atoms with E-state index in [1.807, 2.05) is 12.1 Å². The van der Waals surface area contributed by atoms with E-state index in [0.29, 0.717) is 0 Å². The van der Waals surface area contributed by atoms with Gasteiger partial charge in [0.15, 0.2) is 0 Å². The quantitative estimate of drug-likeness (QED) is 0.496. The fourth-order valence-electron chi connectivity index (χ4n) is 2.70. The standard InChI is InChI=1S/C15H20ClF/c16-15(13-7-9-14(17)10-8-13)11-12-5-3-1-2-4-6-12/h7-10,12,15H,1-6,11H2. The third kappa shape index (κ3) is 3.99. The molecule has 0 bridgehead atoms. The lowest BCUT2D eigenvalue weighted by atomic mass is 9.92. The number of rotatable bonds is 3. The molecule has 2 rings (SSSR count). The largest absolute Gasteiger partial charge is 0.207 e. The third-order valence-electron chi connectivity index (χ3n) is 3.75. The van der Waals surface area contributed by atoms with Gasteiger partial charge in [0.05, 0.1) is 5.38 Å². The van der Waals surface area contributed by atoms with Crippen molar-refractivity contribution in [3.05, 3.63) is 35.6 Å². The number of hydrogen-bond donors (Lipinski definition) is 0. The molecule has 1 fully saturated rings. The third-order valence-corrected chi connectivity index (χ3v) is 4.18. The van der Waals surface area contributed by atoms with Gasteiger partial charge in [-0.3, -0.25) is 0 Å². The van der Waals surface area contributed by atoms with Crippen LogP contribution in [0, 0.1) is 11.7 Å². The Hall–Kier alpha value is -0.560. The van der Waals surface area contributed by atoms with Crippen LogP contribution in [0.15, 0.2) is 24.3 Å². The summed E-state index contributed by atoms with van der Waals surface area (Å²) in [6.45, 7) is 0. The molecule has 1 saturated carbocycles. The average molecular weight is 255 g/mol. The lowest BCUT2D eigenvalue weighted by Gasteiger charge is -2.18. The van der Waals surface area contributed by atoms with E-state index in [-0.39, 0.29) is 11.2 Å². The molecule has 0 aliphatic heterocycles. The molecular weight excluding hydrogens is 235 g/mol. The van der Waals surface area contributed by atoms with Gasteiger partial charge in [-0.2, -0.15) is 0 Å². The summed E-state index contributed by atoms with van der Waals surface area (Å²) in [6.07, 6.45) is 9.09. The Morgan fingerprint density at radius 2 is 1.65 bits per heavy atom. The van der Waals surface area contributed by atoms with E-state index in [2.05, 4.69) is 0 Å². The van der Waals surface area contributed by atoms with Gasteiger partial charge in [0, 0.05) is 0 Å². The summed E-state index contributed by atoms with van der Waals surface area (Å²) in [7, 11) is 0. The first-order chi connectivity index (χ1) is 8.25. The van der Waals surface area contributed by atoms with E-state index in [4.69, 9.17) is 11.6 Å². The molecule has 1 unspecified atom stereocenters. The Balaban J connectivity index is 1.91. The molecule has 0 nitrogen and oxygen atoms in total. The summed E-state index contributed by atoms with van der Waals surface area (Å²) < 4.78 is 12.8. The number of halogens is 2. The van der Waals surface area contributed by atoms with E-state index in [9.17, 15) is 4.39 Å². The molecule has 94 valence electrons. The van der Waals surface area contributed by atoms with Gasteiger partial charge >= 0.3 is 0 Å². The SMILES string of the molecule is Fc1ccc(C(Cl)CC2CCCCCC2)cc1. The first-order valence-electron chi connectivity index (χ1n) is 6.65. The van der Waals surface area contributed by atoms with Gasteiger partial charge in [-0.1, -0.05) is 50.7 Å². The lowest BCUT2D eigenvalue weighted by molar-refractivity contribution is 0.423. The molecule has 2 heteroatoms. The van der Waals surface area contributed by atoms with E-state index in [0.717, 1.165) is 17.9 Å². The number of alkyl halides is 1. The molecule has 1 aliphatic rings. The Labute approximate surface area is 108 Å². The van der Waals surface area contributed by atoms with Gasteiger partial charge in [-0.15, -0.1) is 11.6 Å². The number of hydrogen-bond acceptors (Lipinski definition) is 0. The van der Waals surface area contributed by atoms with Gasteiger partial charge in [-0.25, -0.2) is 4.39 Å². The molecule has 1 aromatic carbocycles. The molecule has 1 aromatic rings. The van der Waals surface area contributed by atoms with Crippen LogP contribution in [0.1, 0.15) is 55.9 Å². The van der Waals surface area contributed by atoms with Crippen LogP contribution in [0.4, 0.5) is 4.39 Å². The van der Waals surface area contributed by atoms with E-state index >= 15 is 0 Å². The maximum Gasteiger partial charge on any atom is 0.123 e. The van der Waals surface area contributed by atoms with Crippen molar-refractivity contribution in [3.63, 3.8) is 0 Å². The van der Waals surface area contributed by atoms with E-state index < -0.39 is 0 Å². The van der Waals surface area contributed by atoms with Crippen molar-refractivity contribution in [1.29, 1.82) is 0 Å². The highest BCUT2D eigenvalue weighted by atomic mass is 35.5. The summed E-state index contributed by atoms with van der Waals surface area (Å²) in [5, 5.41) is 0.0405. The van der Waals surface area contributed by atoms with Crippen LogP contribution in [0.25, 0.3) is 0 Å². The minimum atomic E-state index is -0.188. The zero-order valence-electron chi connectivity index (χ0n) is 10.2. The van der Waals surface area contributed by atoms with Gasteiger partial charge in [-0.05, 0) is 30.0 Å². The zero-order chi connectivity index (χ0) is 12.1. The maximum absolute atomic E-state index is 12.8. The summed E-state index contributed by atoms with van der Waals surface area (Å²) in [5.41, 5.74) is 1.05. The highest BCUT2D eigenvalue weighted by molar-refractivity contribution is 6.20. The first-order valence-corrected chi connectivity index (χ1v) is 7.09. The Morgan fingerprint density at radius 1 is 1.06 bits per heavy atom. The van der Waals surface area contributed by atoms with Gasteiger partial charge in [0.25, 0.3) is 0 Å². The van der Waals surface area contributed by atoms with Crippen LogP contribution >= 0.6 is 11.6 Å². The van der Waals surface area contributed by atoms with Crippen molar-refractivity contribution in [2.24, 2.45) is 5.92 Å². The van der Waals surface area contributed by atoms with E-state index in [1.165, 1.54) is 50.7 Å². The Bertz CT molecular complexity index is 325. The summed E-state index contributed by atoms with van der Waals surface area (Å²) >= 11 is 6.42. The molecule has 0 heterocycles. The maximum atomic E-state index is 12.8. The minimum absolute atomic E-state index is 0.0405. The monoisotopic (exact) mass is 254 g/mol. The highest BCUT2D eigenvalue weighted by Crippen LogP contribution is 2.34. The summed E-state index contributed by atoms with van der Waals surface area (Å²) in [5.74, 6) is 0.567. The normalized spacial score (nSPS) is 19.9. The molecular formula is C15H20ClF. The van der Waals surface area contributed by atoms with Crippen molar-refractivity contribution >= 4 is 11.6 Å². The summed E-state index contributed by atoms with van der Waals surface area (Å²) in [6, 6.07) is 6.61. The molecule has 0 saturated heterocycles. The lowest BCUT2D eigenvalue weighted by Crippen LogP contribution is -2.03. The van der Waals surface area contributed by atoms with Gasteiger partial charge in [0.2, 0.25) is 0 Å². The molecule has 0 spiro atoms. The average Bonchev–Trinajstić information content (AvgIpc) is 2.58. The molecule has 1 aliphatic carbocycles. The highest BCUT2D eigenvalue weighted by Gasteiger charge is 2.17. The van der Waals surface area contributed by atoms with E-state index in [1.54, 1.807) is 0 Å². The van der Waals surface area contributed by atoms with Crippen molar-refractivity contribution in [1.82, 2.24) is 0 Å². The van der Waals surface area contributed by atoms with Gasteiger partial charge in [0.1, 0.15) is 5.82 Å². The van der Waals surface area contributed by atoms with Crippen LogP contribution in [-0.2, 0) is 0 Å².